The number of allylic oxidation sites excluding steroid dienone is 1. The average Bonchev–Trinajstić information content (AvgIpc) is 3.58. The number of carbonyl (C=O) groups is 2. The molecular formula is C22H22N6O3. The Balaban J connectivity index is 1.24. The Kier molecular flexibility index (Phi) is 4.03. The van der Waals surface area contributed by atoms with Crippen LogP contribution in [0.3, 0.4) is 0 Å². The summed E-state index contributed by atoms with van der Waals surface area (Å²) in [7, 11) is 0. The first-order valence-electron chi connectivity index (χ1n) is 10.5. The Bertz CT molecular complexity index is 1100. The number of fused-ring (bicyclic) bond motifs is 2. The highest BCUT2D eigenvalue weighted by molar-refractivity contribution is 5.95. The Morgan fingerprint density at radius 2 is 1.94 bits per heavy atom. The van der Waals surface area contributed by atoms with Gasteiger partial charge in [0.1, 0.15) is 11.9 Å². The Labute approximate surface area is 179 Å². The predicted octanol–water partition coefficient (Wildman–Crippen LogP) is 2.59. The first-order valence-corrected chi connectivity index (χ1v) is 10.5. The molecule has 3 amide bonds. The molecule has 2 saturated heterocycles. The lowest BCUT2D eigenvalue weighted by molar-refractivity contribution is 0.0787. The van der Waals surface area contributed by atoms with E-state index >= 15 is 0 Å². The summed E-state index contributed by atoms with van der Waals surface area (Å²) in [5, 5.41) is 1.54. The number of H-pyrrole nitrogens is 1. The van der Waals surface area contributed by atoms with Gasteiger partial charge in [0.2, 0.25) is 0 Å². The normalized spacial score (nSPS) is 22.0. The molecule has 1 unspecified atom stereocenters. The SMILES string of the molecule is O=C(c1cc2c([nH]1)N(C1=CC3NN(c4ccccc4)C(=O)N3C=C1)CO2)N1CCCC1. The van der Waals surface area contributed by atoms with Crippen molar-refractivity contribution in [3.05, 3.63) is 66.1 Å². The highest BCUT2D eigenvalue weighted by Gasteiger charge is 2.38. The molecule has 2 fully saturated rings. The van der Waals surface area contributed by atoms with Crippen LogP contribution >= 0.6 is 0 Å². The maximum atomic E-state index is 12.8. The summed E-state index contributed by atoms with van der Waals surface area (Å²) in [4.78, 5) is 34.2. The number of para-hydroxylation sites is 1. The van der Waals surface area contributed by atoms with Crippen molar-refractivity contribution >= 4 is 23.4 Å². The number of urea groups is 1. The Morgan fingerprint density at radius 1 is 1.13 bits per heavy atom. The van der Waals surface area contributed by atoms with Crippen molar-refractivity contribution in [1.82, 2.24) is 20.2 Å². The van der Waals surface area contributed by atoms with Gasteiger partial charge >= 0.3 is 6.03 Å². The van der Waals surface area contributed by atoms with Crippen LogP contribution in [0.4, 0.5) is 16.3 Å². The highest BCUT2D eigenvalue weighted by Crippen LogP contribution is 2.38. The number of ether oxygens (including phenoxy) is 1. The van der Waals surface area contributed by atoms with Crippen LogP contribution in [0.5, 0.6) is 5.75 Å². The van der Waals surface area contributed by atoms with E-state index in [1.807, 2.05) is 52.3 Å². The van der Waals surface area contributed by atoms with E-state index in [0.29, 0.717) is 18.2 Å². The number of likely N-dealkylation sites (tertiary alicyclic amines) is 1. The number of hydrogen-bond donors (Lipinski definition) is 2. The molecule has 5 heterocycles. The van der Waals surface area contributed by atoms with Crippen molar-refractivity contribution < 1.29 is 14.3 Å². The number of benzene rings is 1. The summed E-state index contributed by atoms with van der Waals surface area (Å²) >= 11 is 0. The van der Waals surface area contributed by atoms with Gasteiger partial charge in [-0.2, -0.15) is 5.43 Å². The van der Waals surface area contributed by atoms with Crippen molar-refractivity contribution in [3.63, 3.8) is 0 Å². The van der Waals surface area contributed by atoms with E-state index in [1.165, 1.54) is 0 Å². The maximum absolute atomic E-state index is 12.8. The molecule has 1 atom stereocenters. The third-order valence-electron chi connectivity index (χ3n) is 6.04. The molecule has 0 radical (unpaired) electrons. The van der Waals surface area contributed by atoms with Gasteiger partial charge in [-0.05, 0) is 37.1 Å². The molecule has 158 valence electrons. The molecule has 0 bridgehead atoms. The summed E-state index contributed by atoms with van der Waals surface area (Å²) in [5.41, 5.74) is 5.46. The second-order valence-electron chi connectivity index (χ2n) is 7.94. The van der Waals surface area contributed by atoms with E-state index in [9.17, 15) is 9.59 Å². The summed E-state index contributed by atoms with van der Waals surface area (Å²) in [5.74, 6) is 1.44. The minimum Gasteiger partial charge on any atom is -0.469 e. The summed E-state index contributed by atoms with van der Waals surface area (Å²) in [6.07, 6.45) is 7.42. The first kappa shape index (κ1) is 18.1. The number of aromatic nitrogens is 1. The van der Waals surface area contributed by atoms with Gasteiger partial charge in [0.15, 0.2) is 18.3 Å². The molecule has 9 nitrogen and oxygen atoms in total. The van der Waals surface area contributed by atoms with Gasteiger partial charge < -0.3 is 14.6 Å². The largest absolute Gasteiger partial charge is 0.469 e. The third kappa shape index (κ3) is 2.89. The van der Waals surface area contributed by atoms with Crippen LogP contribution in [0.15, 0.2) is 60.4 Å². The quantitative estimate of drug-likeness (QED) is 0.801. The predicted molar refractivity (Wildman–Crippen MR) is 114 cm³/mol. The zero-order chi connectivity index (χ0) is 20.9. The number of nitrogens with zero attached hydrogens (tertiary/aromatic N) is 4. The topological polar surface area (TPSA) is 84.1 Å². The molecule has 1 aromatic heterocycles. The molecule has 0 saturated carbocycles. The molecule has 2 aromatic rings. The molecule has 0 aliphatic carbocycles. The molecule has 0 spiro atoms. The average molecular weight is 418 g/mol. The van der Waals surface area contributed by atoms with Crippen LogP contribution in [0.1, 0.15) is 23.3 Å². The van der Waals surface area contributed by atoms with E-state index < -0.39 is 0 Å². The smallest absolute Gasteiger partial charge is 0.344 e. The lowest BCUT2D eigenvalue weighted by Gasteiger charge is -2.25. The van der Waals surface area contributed by atoms with E-state index in [0.717, 1.165) is 43.1 Å². The van der Waals surface area contributed by atoms with Gasteiger partial charge in [-0.25, -0.2) is 9.80 Å². The van der Waals surface area contributed by atoms with Gasteiger partial charge in [0.05, 0.1) is 5.69 Å². The van der Waals surface area contributed by atoms with Crippen LogP contribution in [0.25, 0.3) is 0 Å². The summed E-state index contributed by atoms with van der Waals surface area (Å²) in [6.45, 7) is 1.95. The fourth-order valence-corrected chi connectivity index (χ4v) is 4.42. The minimum absolute atomic E-state index is 0.0105. The zero-order valence-corrected chi connectivity index (χ0v) is 16.8. The molecule has 31 heavy (non-hydrogen) atoms. The molecule has 4 aliphatic rings. The monoisotopic (exact) mass is 418 g/mol. The van der Waals surface area contributed by atoms with Gasteiger partial charge in [-0.15, -0.1) is 0 Å². The third-order valence-corrected chi connectivity index (χ3v) is 6.04. The Morgan fingerprint density at radius 3 is 2.74 bits per heavy atom. The number of rotatable bonds is 3. The van der Waals surface area contributed by atoms with Crippen LogP contribution in [0, 0.1) is 0 Å². The number of carbonyl (C=O) groups excluding carboxylic acids is 2. The van der Waals surface area contributed by atoms with E-state index in [1.54, 1.807) is 22.2 Å². The molecule has 4 aliphatic heterocycles. The molecule has 1 aromatic carbocycles. The number of hydrazine groups is 1. The van der Waals surface area contributed by atoms with Gasteiger partial charge in [0, 0.05) is 31.1 Å². The minimum atomic E-state index is -0.308. The number of amides is 3. The molecule has 2 N–H and O–H groups in total. The second kappa shape index (κ2) is 6.92. The zero-order valence-electron chi connectivity index (χ0n) is 16.8. The standard InChI is InChI=1S/C22H22N6O3/c29-21(25-9-4-5-10-25)17-13-18-20(23-17)27(14-31-18)16-8-11-26-19(12-16)24-28(22(26)30)15-6-2-1-3-7-15/h1-3,6-8,11-13,19,23-24H,4-5,9-10,14H2. The van der Waals surface area contributed by atoms with Gasteiger partial charge in [0.25, 0.3) is 5.91 Å². The lowest BCUT2D eigenvalue weighted by atomic mass is 10.2. The van der Waals surface area contributed by atoms with Crippen molar-refractivity contribution in [3.8, 4) is 5.75 Å². The number of anilines is 2. The summed E-state index contributed by atoms with van der Waals surface area (Å²) < 4.78 is 5.82. The van der Waals surface area contributed by atoms with Crippen LogP contribution < -0.4 is 20.1 Å². The van der Waals surface area contributed by atoms with E-state index in [2.05, 4.69) is 10.4 Å². The van der Waals surface area contributed by atoms with E-state index in [-0.39, 0.29) is 18.1 Å². The number of aromatic amines is 1. The lowest BCUT2D eigenvalue weighted by Crippen LogP contribution is -2.38. The maximum Gasteiger partial charge on any atom is 0.344 e. The summed E-state index contributed by atoms with van der Waals surface area (Å²) in [6, 6.07) is 11.1. The second-order valence-corrected chi connectivity index (χ2v) is 7.94. The molecule has 9 heteroatoms. The van der Waals surface area contributed by atoms with Crippen molar-refractivity contribution in [2.45, 2.75) is 19.0 Å². The van der Waals surface area contributed by atoms with Gasteiger partial charge in [-0.1, -0.05) is 18.2 Å². The van der Waals surface area contributed by atoms with Crippen LogP contribution in [0.2, 0.25) is 0 Å². The highest BCUT2D eigenvalue weighted by atomic mass is 16.5. The fraction of sp³-hybridized carbons (Fsp3) is 0.273. The van der Waals surface area contributed by atoms with Crippen LogP contribution in [-0.4, -0.2) is 52.7 Å². The van der Waals surface area contributed by atoms with E-state index in [4.69, 9.17) is 4.74 Å². The first-order chi connectivity index (χ1) is 15.2. The van der Waals surface area contributed by atoms with Gasteiger partial charge in [-0.3, -0.25) is 14.6 Å². The Hall–Kier alpha value is -3.72. The van der Waals surface area contributed by atoms with Crippen molar-refractivity contribution in [1.29, 1.82) is 0 Å². The van der Waals surface area contributed by atoms with Crippen molar-refractivity contribution in [2.24, 2.45) is 0 Å². The number of nitrogens with one attached hydrogen (secondary N) is 2. The number of hydrogen-bond acceptors (Lipinski definition) is 5. The molecule has 6 rings (SSSR count). The van der Waals surface area contributed by atoms with Crippen molar-refractivity contribution in [2.75, 3.05) is 29.7 Å². The molecular weight excluding hydrogens is 396 g/mol. The van der Waals surface area contributed by atoms with Crippen LogP contribution in [-0.2, 0) is 0 Å². The fourth-order valence-electron chi connectivity index (χ4n) is 4.42.